The summed E-state index contributed by atoms with van der Waals surface area (Å²) in [5.41, 5.74) is -1.74. The minimum atomic E-state index is -1.22. The number of carboxylic acids is 1. The third-order valence-electron chi connectivity index (χ3n) is 3.94. The van der Waals surface area contributed by atoms with Gasteiger partial charge in [-0.2, -0.15) is 0 Å². The van der Waals surface area contributed by atoms with Gasteiger partial charge >= 0.3 is 5.97 Å². The fourth-order valence-corrected chi connectivity index (χ4v) is 2.48. The van der Waals surface area contributed by atoms with E-state index in [9.17, 15) is 9.90 Å². The van der Waals surface area contributed by atoms with Crippen LogP contribution in [-0.4, -0.2) is 22.3 Å². The minimum Gasteiger partial charge on any atom is -0.479 e. The summed E-state index contributed by atoms with van der Waals surface area (Å²) in [6, 6.07) is 0. The second-order valence-electron chi connectivity index (χ2n) is 7.30. The topological polar surface area (TPSA) is 55.8 Å². The van der Waals surface area contributed by atoms with Crippen LogP contribution >= 0.6 is 0 Å². The summed E-state index contributed by atoms with van der Waals surface area (Å²) < 4.78 is 0. The molecule has 0 saturated carbocycles. The Hall–Kier alpha value is -0.610. The molecule has 2 unspecified atom stereocenters. The van der Waals surface area contributed by atoms with Crippen molar-refractivity contribution in [1.82, 2.24) is 0 Å². The molecular formula is C18H36O4. The normalized spacial score (nSPS) is 16.3. The Labute approximate surface area is 136 Å². The van der Waals surface area contributed by atoms with Crippen molar-refractivity contribution in [2.45, 2.75) is 104 Å². The van der Waals surface area contributed by atoms with E-state index < -0.39 is 17.2 Å². The summed E-state index contributed by atoms with van der Waals surface area (Å²) in [6.45, 7) is 12.0. The number of carboxylic acid groups (broad SMARTS) is 1. The zero-order valence-corrected chi connectivity index (χ0v) is 15.4. The third kappa shape index (κ3) is 8.14. The summed E-state index contributed by atoms with van der Waals surface area (Å²) >= 11 is 0. The molecule has 0 heterocycles. The first-order chi connectivity index (χ1) is 10.2. The summed E-state index contributed by atoms with van der Waals surface area (Å²) in [5, 5.41) is 9.81. The second-order valence-corrected chi connectivity index (χ2v) is 7.30. The van der Waals surface area contributed by atoms with Crippen LogP contribution in [0.2, 0.25) is 0 Å². The summed E-state index contributed by atoms with van der Waals surface area (Å²) in [7, 11) is 0. The van der Waals surface area contributed by atoms with Gasteiger partial charge in [0.1, 0.15) is 0 Å². The first kappa shape index (κ1) is 21.4. The van der Waals surface area contributed by atoms with E-state index in [0.29, 0.717) is 18.8 Å². The van der Waals surface area contributed by atoms with Crippen LogP contribution in [-0.2, 0) is 14.6 Å². The SMILES string of the molecule is CCCCC(CC)CC(CCCC)(OOC(C)(C)C)C(=O)O. The number of unbranched alkanes of at least 4 members (excludes halogenated alkanes) is 2. The van der Waals surface area contributed by atoms with Crippen LogP contribution in [0.15, 0.2) is 0 Å². The first-order valence-electron chi connectivity index (χ1n) is 8.81. The molecule has 0 radical (unpaired) electrons. The Morgan fingerprint density at radius 1 is 1.05 bits per heavy atom. The summed E-state index contributed by atoms with van der Waals surface area (Å²) in [4.78, 5) is 23.0. The fraction of sp³-hybridized carbons (Fsp3) is 0.944. The van der Waals surface area contributed by atoms with E-state index in [1.165, 1.54) is 0 Å². The molecule has 132 valence electrons. The Morgan fingerprint density at radius 2 is 1.64 bits per heavy atom. The molecule has 0 fully saturated rings. The van der Waals surface area contributed by atoms with Crippen LogP contribution in [0.3, 0.4) is 0 Å². The maximum Gasteiger partial charge on any atom is 0.339 e. The number of rotatable bonds is 12. The van der Waals surface area contributed by atoms with E-state index in [1.807, 2.05) is 20.8 Å². The second kappa shape index (κ2) is 10.2. The zero-order chi connectivity index (χ0) is 17.2. The molecule has 0 aliphatic carbocycles. The molecule has 0 aliphatic heterocycles. The van der Waals surface area contributed by atoms with Crippen molar-refractivity contribution in [3.05, 3.63) is 0 Å². The highest BCUT2D eigenvalue weighted by molar-refractivity contribution is 5.77. The van der Waals surface area contributed by atoms with Gasteiger partial charge in [0.25, 0.3) is 0 Å². The average molecular weight is 316 g/mol. The maximum absolute atomic E-state index is 12.0. The van der Waals surface area contributed by atoms with Gasteiger partial charge in [-0.25, -0.2) is 14.6 Å². The lowest BCUT2D eigenvalue weighted by Crippen LogP contribution is -2.45. The molecule has 0 saturated heterocycles. The van der Waals surface area contributed by atoms with Crippen LogP contribution in [0.5, 0.6) is 0 Å². The van der Waals surface area contributed by atoms with Crippen LogP contribution in [0, 0.1) is 5.92 Å². The van der Waals surface area contributed by atoms with Gasteiger partial charge in [-0.3, -0.25) is 0 Å². The minimum absolute atomic E-state index is 0.358. The molecule has 22 heavy (non-hydrogen) atoms. The molecule has 1 N–H and O–H groups in total. The number of hydrogen-bond donors (Lipinski definition) is 1. The van der Waals surface area contributed by atoms with Gasteiger partial charge in [0.05, 0.1) is 5.60 Å². The highest BCUT2D eigenvalue weighted by Gasteiger charge is 2.43. The summed E-state index contributed by atoms with van der Waals surface area (Å²) in [5.74, 6) is -0.545. The molecule has 4 heteroatoms. The Morgan fingerprint density at radius 3 is 2.05 bits per heavy atom. The van der Waals surface area contributed by atoms with E-state index in [2.05, 4.69) is 20.8 Å². The summed E-state index contributed by atoms with van der Waals surface area (Å²) in [6.07, 6.45) is 7.07. The van der Waals surface area contributed by atoms with Crippen molar-refractivity contribution in [1.29, 1.82) is 0 Å². The van der Waals surface area contributed by atoms with Crippen molar-refractivity contribution < 1.29 is 19.7 Å². The van der Waals surface area contributed by atoms with E-state index >= 15 is 0 Å². The Balaban J connectivity index is 5.11. The monoisotopic (exact) mass is 316 g/mol. The highest BCUT2D eigenvalue weighted by Crippen LogP contribution is 2.33. The lowest BCUT2D eigenvalue weighted by molar-refractivity contribution is -0.400. The van der Waals surface area contributed by atoms with Crippen molar-refractivity contribution in [2.75, 3.05) is 0 Å². The standard InChI is InChI=1S/C18H36O4/c1-7-10-12-15(9-3)14-18(16(19)20,13-11-8-2)22-21-17(4,5)6/h15H,7-14H2,1-6H3,(H,19,20). The van der Waals surface area contributed by atoms with Crippen molar-refractivity contribution in [3.63, 3.8) is 0 Å². The quantitative estimate of drug-likeness (QED) is 0.389. The highest BCUT2D eigenvalue weighted by atomic mass is 17.2. The lowest BCUT2D eigenvalue weighted by atomic mass is 9.83. The van der Waals surface area contributed by atoms with Crippen molar-refractivity contribution >= 4 is 5.97 Å². The largest absolute Gasteiger partial charge is 0.479 e. The molecular weight excluding hydrogens is 280 g/mol. The lowest BCUT2D eigenvalue weighted by Gasteiger charge is -2.34. The molecule has 0 bridgehead atoms. The first-order valence-corrected chi connectivity index (χ1v) is 8.81. The molecule has 0 aromatic heterocycles. The predicted molar refractivity (Wildman–Crippen MR) is 89.7 cm³/mol. The van der Waals surface area contributed by atoms with Gasteiger partial charge < -0.3 is 5.11 Å². The smallest absolute Gasteiger partial charge is 0.339 e. The molecule has 4 nitrogen and oxygen atoms in total. The van der Waals surface area contributed by atoms with E-state index in [4.69, 9.17) is 9.78 Å². The van der Waals surface area contributed by atoms with Gasteiger partial charge in [-0.1, -0.05) is 59.3 Å². The van der Waals surface area contributed by atoms with Crippen LogP contribution in [0.4, 0.5) is 0 Å². The maximum atomic E-state index is 12.0. The van der Waals surface area contributed by atoms with Gasteiger partial charge in [-0.15, -0.1) is 0 Å². The molecule has 0 aromatic carbocycles. The van der Waals surface area contributed by atoms with Crippen molar-refractivity contribution in [2.24, 2.45) is 5.92 Å². The van der Waals surface area contributed by atoms with Crippen LogP contribution < -0.4 is 0 Å². The van der Waals surface area contributed by atoms with Gasteiger partial charge in [-0.05, 0) is 39.5 Å². The number of carbonyl (C=O) groups is 1. The van der Waals surface area contributed by atoms with Gasteiger partial charge in [0.15, 0.2) is 5.60 Å². The fourth-order valence-electron chi connectivity index (χ4n) is 2.48. The number of aliphatic carboxylic acids is 1. The van der Waals surface area contributed by atoms with Crippen molar-refractivity contribution in [3.8, 4) is 0 Å². The molecule has 0 rings (SSSR count). The van der Waals surface area contributed by atoms with E-state index in [1.54, 1.807) is 0 Å². The predicted octanol–water partition coefficient (Wildman–Crippen LogP) is 5.35. The Kier molecular flexibility index (Phi) is 9.94. The Bertz CT molecular complexity index is 309. The molecule has 0 spiro atoms. The third-order valence-corrected chi connectivity index (χ3v) is 3.94. The average Bonchev–Trinajstić information content (AvgIpc) is 2.44. The van der Waals surface area contributed by atoms with Gasteiger partial charge in [0, 0.05) is 0 Å². The molecule has 0 aromatic rings. The zero-order valence-electron chi connectivity index (χ0n) is 15.4. The van der Waals surface area contributed by atoms with Crippen LogP contribution in [0.1, 0.15) is 92.9 Å². The van der Waals surface area contributed by atoms with Crippen LogP contribution in [0.25, 0.3) is 0 Å². The number of hydrogen-bond acceptors (Lipinski definition) is 3. The van der Waals surface area contributed by atoms with Gasteiger partial charge in [0.2, 0.25) is 0 Å². The molecule has 0 amide bonds. The molecule has 2 atom stereocenters. The van der Waals surface area contributed by atoms with E-state index in [0.717, 1.165) is 38.5 Å². The van der Waals surface area contributed by atoms with E-state index in [-0.39, 0.29) is 0 Å². The molecule has 0 aliphatic rings.